The molecule has 0 spiro atoms. The average molecular weight is 264 g/mol. The van der Waals surface area contributed by atoms with Crippen molar-refractivity contribution in [2.45, 2.75) is 0 Å². The summed E-state index contributed by atoms with van der Waals surface area (Å²) in [4.78, 5) is 12.0. The van der Waals surface area contributed by atoms with Crippen LogP contribution in [0.25, 0.3) is 23.1 Å². The van der Waals surface area contributed by atoms with Gasteiger partial charge in [0.15, 0.2) is 5.43 Å². The maximum Gasteiger partial charge on any atom is 0.197 e. The molecule has 0 saturated heterocycles. The summed E-state index contributed by atoms with van der Waals surface area (Å²) >= 11 is 0. The van der Waals surface area contributed by atoms with Gasteiger partial charge in [0.2, 0.25) is 0 Å². The first-order valence-corrected chi connectivity index (χ1v) is 6.23. The van der Waals surface area contributed by atoms with Gasteiger partial charge in [0, 0.05) is 6.07 Å². The maximum atomic E-state index is 12.0. The van der Waals surface area contributed by atoms with Crippen molar-refractivity contribution in [3.8, 4) is 5.75 Å². The standard InChI is InChI=1S/C17H12O3/c18-14-7-4-8-16-17(14)15(19)11-13(20-16)10-9-12-5-2-1-3-6-12/h1-11,18H. The zero-order valence-corrected chi connectivity index (χ0v) is 10.6. The number of hydrogen-bond acceptors (Lipinski definition) is 3. The molecular weight excluding hydrogens is 252 g/mol. The fourth-order valence-electron chi connectivity index (χ4n) is 2.03. The second kappa shape index (κ2) is 5.05. The zero-order valence-electron chi connectivity index (χ0n) is 10.6. The molecule has 2 aromatic carbocycles. The lowest BCUT2D eigenvalue weighted by molar-refractivity contribution is 0.479. The van der Waals surface area contributed by atoms with E-state index in [0.29, 0.717) is 11.3 Å². The number of aromatic hydroxyl groups is 1. The first-order valence-electron chi connectivity index (χ1n) is 6.23. The quantitative estimate of drug-likeness (QED) is 0.768. The Kier molecular flexibility index (Phi) is 3.09. The van der Waals surface area contributed by atoms with Gasteiger partial charge in [-0.25, -0.2) is 0 Å². The smallest absolute Gasteiger partial charge is 0.197 e. The number of hydrogen-bond donors (Lipinski definition) is 1. The molecule has 1 heterocycles. The molecule has 3 nitrogen and oxygen atoms in total. The lowest BCUT2D eigenvalue weighted by Gasteiger charge is -2.00. The van der Waals surface area contributed by atoms with Crippen molar-refractivity contribution in [1.82, 2.24) is 0 Å². The highest BCUT2D eigenvalue weighted by atomic mass is 16.3. The van der Waals surface area contributed by atoms with Crippen LogP contribution in [-0.4, -0.2) is 5.11 Å². The number of benzene rings is 2. The summed E-state index contributed by atoms with van der Waals surface area (Å²) in [5.41, 5.74) is 1.15. The number of fused-ring (bicyclic) bond motifs is 1. The van der Waals surface area contributed by atoms with Crippen molar-refractivity contribution in [3.05, 3.63) is 76.1 Å². The molecule has 0 saturated carbocycles. The highest BCUT2D eigenvalue weighted by Gasteiger charge is 2.06. The van der Waals surface area contributed by atoms with Crippen LogP contribution in [0.1, 0.15) is 11.3 Å². The fourth-order valence-corrected chi connectivity index (χ4v) is 2.03. The van der Waals surface area contributed by atoms with Crippen LogP contribution in [0.15, 0.2) is 63.8 Å². The van der Waals surface area contributed by atoms with Crippen LogP contribution in [0.4, 0.5) is 0 Å². The van der Waals surface area contributed by atoms with Crippen molar-refractivity contribution < 1.29 is 9.52 Å². The Hall–Kier alpha value is -2.81. The van der Waals surface area contributed by atoms with Gasteiger partial charge in [-0.3, -0.25) is 4.79 Å². The molecule has 0 fully saturated rings. The minimum atomic E-state index is -0.253. The largest absolute Gasteiger partial charge is 0.507 e. The van der Waals surface area contributed by atoms with E-state index in [1.807, 2.05) is 36.4 Å². The molecule has 1 aromatic heterocycles. The molecule has 0 atom stereocenters. The van der Waals surface area contributed by atoms with E-state index in [1.165, 1.54) is 12.1 Å². The Labute approximate surface area is 115 Å². The minimum absolute atomic E-state index is 0.0603. The van der Waals surface area contributed by atoms with E-state index in [2.05, 4.69) is 0 Å². The predicted molar refractivity (Wildman–Crippen MR) is 79.5 cm³/mol. The van der Waals surface area contributed by atoms with Crippen LogP contribution in [0.2, 0.25) is 0 Å². The number of phenolic OH excluding ortho intramolecular Hbond substituents is 1. The monoisotopic (exact) mass is 264 g/mol. The minimum Gasteiger partial charge on any atom is -0.507 e. The zero-order chi connectivity index (χ0) is 13.9. The third-order valence-electron chi connectivity index (χ3n) is 2.99. The Morgan fingerprint density at radius 1 is 0.950 bits per heavy atom. The van der Waals surface area contributed by atoms with Gasteiger partial charge < -0.3 is 9.52 Å². The predicted octanol–water partition coefficient (Wildman–Crippen LogP) is 3.67. The topological polar surface area (TPSA) is 50.4 Å². The molecule has 1 N–H and O–H groups in total. The third kappa shape index (κ3) is 2.34. The Morgan fingerprint density at radius 3 is 2.55 bits per heavy atom. The van der Waals surface area contributed by atoms with Crippen LogP contribution in [0.5, 0.6) is 5.75 Å². The van der Waals surface area contributed by atoms with Gasteiger partial charge in [-0.05, 0) is 23.8 Å². The van der Waals surface area contributed by atoms with Crippen molar-refractivity contribution in [2.24, 2.45) is 0 Å². The van der Waals surface area contributed by atoms with Crippen LogP contribution in [-0.2, 0) is 0 Å². The summed E-state index contributed by atoms with van der Waals surface area (Å²) in [6, 6.07) is 15.9. The van der Waals surface area contributed by atoms with Crippen molar-refractivity contribution in [2.75, 3.05) is 0 Å². The summed E-state index contributed by atoms with van der Waals surface area (Å²) in [7, 11) is 0. The van der Waals surface area contributed by atoms with Gasteiger partial charge in [0.05, 0.1) is 0 Å². The van der Waals surface area contributed by atoms with Gasteiger partial charge >= 0.3 is 0 Å². The molecule has 3 heteroatoms. The molecule has 3 rings (SSSR count). The van der Waals surface area contributed by atoms with E-state index < -0.39 is 0 Å². The molecule has 0 radical (unpaired) electrons. The average Bonchev–Trinajstić information content (AvgIpc) is 2.46. The Morgan fingerprint density at radius 2 is 1.75 bits per heavy atom. The van der Waals surface area contributed by atoms with E-state index in [4.69, 9.17) is 4.42 Å². The lowest BCUT2D eigenvalue weighted by atomic mass is 10.1. The highest BCUT2D eigenvalue weighted by Crippen LogP contribution is 2.22. The second-order valence-corrected chi connectivity index (χ2v) is 4.41. The lowest BCUT2D eigenvalue weighted by Crippen LogP contribution is -2.00. The molecule has 0 bridgehead atoms. The van der Waals surface area contributed by atoms with Crippen molar-refractivity contribution in [3.63, 3.8) is 0 Å². The molecule has 0 aliphatic rings. The van der Waals surface area contributed by atoms with Crippen LogP contribution in [0, 0.1) is 0 Å². The molecule has 3 aromatic rings. The van der Waals surface area contributed by atoms with Crippen LogP contribution < -0.4 is 5.43 Å². The summed E-state index contributed by atoms with van der Waals surface area (Å²) < 4.78 is 5.60. The van der Waals surface area contributed by atoms with Gasteiger partial charge in [0.25, 0.3) is 0 Å². The van der Waals surface area contributed by atoms with Gasteiger partial charge in [-0.15, -0.1) is 0 Å². The summed E-state index contributed by atoms with van der Waals surface area (Å²) in [6.45, 7) is 0. The number of phenols is 1. The molecule has 98 valence electrons. The first-order chi connectivity index (χ1) is 9.74. The molecule has 0 amide bonds. The second-order valence-electron chi connectivity index (χ2n) is 4.41. The normalized spacial score (nSPS) is 11.2. The maximum absolute atomic E-state index is 12.0. The van der Waals surface area contributed by atoms with Gasteiger partial charge in [-0.2, -0.15) is 0 Å². The van der Waals surface area contributed by atoms with Crippen molar-refractivity contribution in [1.29, 1.82) is 0 Å². The fraction of sp³-hybridized carbons (Fsp3) is 0. The van der Waals surface area contributed by atoms with E-state index in [1.54, 1.807) is 18.2 Å². The van der Waals surface area contributed by atoms with Crippen molar-refractivity contribution >= 4 is 23.1 Å². The van der Waals surface area contributed by atoms with Crippen LogP contribution >= 0.6 is 0 Å². The molecule has 0 aliphatic carbocycles. The van der Waals surface area contributed by atoms with Gasteiger partial charge in [-0.1, -0.05) is 42.5 Å². The van der Waals surface area contributed by atoms with Crippen LogP contribution in [0.3, 0.4) is 0 Å². The van der Waals surface area contributed by atoms with E-state index in [0.717, 1.165) is 5.56 Å². The van der Waals surface area contributed by atoms with E-state index in [-0.39, 0.29) is 16.6 Å². The van der Waals surface area contributed by atoms with E-state index in [9.17, 15) is 9.90 Å². The third-order valence-corrected chi connectivity index (χ3v) is 2.99. The molecular formula is C17H12O3. The van der Waals surface area contributed by atoms with E-state index >= 15 is 0 Å². The highest BCUT2D eigenvalue weighted by molar-refractivity contribution is 5.84. The Balaban J connectivity index is 2.06. The SMILES string of the molecule is O=c1cc(C=Cc2ccccc2)oc2cccc(O)c12. The Bertz CT molecular complexity index is 830. The number of rotatable bonds is 2. The molecule has 0 unspecified atom stereocenters. The summed E-state index contributed by atoms with van der Waals surface area (Å²) in [5.74, 6) is 0.395. The first kappa shape index (κ1) is 12.2. The molecule has 20 heavy (non-hydrogen) atoms. The molecule has 0 aliphatic heterocycles. The summed E-state index contributed by atoms with van der Waals surface area (Å²) in [5, 5.41) is 9.89. The summed E-state index contributed by atoms with van der Waals surface area (Å²) in [6.07, 6.45) is 3.60. The van der Waals surface area contributed by atoms with Gasteiger partial charge in [0.1, 0.15) is 22.5 Å².